The van der Waals surface area contributed by atoms with Crippen molar-refractivity contribution in [1.29, 1.82) is 0 Å². The van der Waals surface area contributed by atoms with Gasteiger partial charge in [-0.15, -0.1) is 0 Å². The zero-order valence-electron chi connectivity index (χ0n) is 10.7. The molecule has 3 rings (SSSR count). The van der Waals surface area contributed by atoms with E-state index in [1.807, 2.05) is 0 Å². The lowest BCUT2D eigenvalue weighted by molar-refractivity contribution is -0.152. The second kappa shape index (κ2) is 4.87. The molecule has 0 aromatic rings. The molecule has 17 heavy (non-hydrogen) atoms. The number of nitrogens with two attached hydrogens (primary N) is 1. The number of hydrogen-bond acceptors (Lipinski definition) is 3. The van der Waals surface area contributed by atoms with Gasteiger partial charge >= 0.3 is 0 Å². The van der Waals surface area contributed by atoms with Crippen molar-refractivity contribution in [3.8, 4) is 0 Å². The van der Waals surface area contributed by atoms with E-state index in [1.165, 1.54) is 38.5 Å². The second-order valence-corrected chi connectivity index (χ2v) is 6.12. The Labute approximate surface area is 104 Å². The molecule has 3 nitrogen and oxygen atoms in total. The molecule has 3 fully saturated rings. The van der Waals surface area contributed by atoms with Gasteiger partial charge in [0.1, 0.15) is 0 Å². The molecule has 1 saturated carbocycles. The Morgan fingerprint density at radius 2 is 1.94 bits per heavy atom. The largest absolute Gasteiger partial charge is 0.377 e. The molecule has 0 aromatic heterocycles. The summed E-state index contributed by atoms with van der Waals surface area (Å²) in [4.78, 5) is 0. The van der Waals surface area contributed by atoms with Crippen LogP contribution in [-0.2, 0) is 9.47 Å². The Hall–Kier alpha value is -0.120. The Morgan fingerprint density at radius 1 is 1.06 bits per heavy atom. The van der Waals surface area contributed by atoms with Crippen molar-refractivity contribution in [1.82, 2.24) is 0 Å². The van der Waals surface area contributed by atoms with Crippen LogP contribution in [0.25, 0.3) is 0 Å². The maximum Gasteiger partial charge on any atom is 0.0728 e. The third-order valence-electron chi connectivity index (χ3n) is 4.98. The van der Waals surface area contributed by atoms with Crippen molar-refractivity contribution in [2.75, 3.05) is 13.2 Å². The molecule has 2 saturated heterocycles. The first kappa shape index (κ1) is 11.9. The van der Waals surface area contributed by atoms with E-state index in [0.29, 0.717) is 12.0 Å². The van der Waals surface area contributed by atoms with Gasteiger partial charge in [-0.25, -0.2) is 0 Å². The molecule has 0 radical (unpaired) electrons. The van der Waals surface area contributed by atoms with Gasteiger partial charge in [-0.05, 0) is 57.3 Å². The highest BCUT2D eigenvalue weighted by Crippen LogP contribution is 2.45. The molecule has 2 N–H and O–H groups in total. The standard InChI is InChI=1S/C14H25NO2/c15-13(12-4-1-2-8-16-12)11-5-9-17-14(10-11)6-3-7-14/h11-13H,1-10,15H2. The van der Waals surface area contributed by atoms with Crippen LogP contribution in [0.5, 0.6) is 0 Å². The summed E-state index contributed by atoms with van der Waals surface area (Å²) < 4.78 is 11.8. The fourth-order valence-corrected chi connectivity index (χ4v) is 3.69. The van der Waals surface area contributed by atoms with E-state index in [9.17, 15) is 0 Å². The van der Waals surface area contributed by atoms with Crippen LogP contribution in [0.1, 0.15) is 51.4 Å². The second-order valence-electron chi connectivity index (χ2n) is 6.12. The van der Waals surface area contributed by atoms with Gasteiger partial charge in [0, 0.05) is 19.3 Å². The lowest BCUT2D eigenvalue weighted by atomic mass is 9.69. The average molecular weight is 239 g/mol. The van der Waals surface area contributed by atoms with E-state index in [4.69, 9.17) is 15.2 Å². The third kappa shape index (κ3) is 2.38. The SMILES string of the molecule is NC(C1CCOC2(CCC2)C1)C1CCCCO1. The van der Waals surface area contributed by atoms with Crippen molar-refractivity contribution in [3.63, 3.8) is 0 Å². The summed E-state index contributed by atoms with van der Waals surface area (Å²) in [6.07, 6.45) is 10.1. The fourth-order valence-electron chi connectivity index (χ4n) is 3.69. The summed E-state index contributed by atoms with van der Waals surface area (Å²) in [7, 11) is 0. The minimum atomic E-state index is 0.217. The summed E-state index contributed by atoms with van der Waals surface area (Å²) in [6, 6.07) is 0.233. The van der Waals surface area contributed by atoms with Crippen LogP contribution < -0.4 is 5.73 Å². The third-order valence-corrected chi connectivity index (χ3v) is 4.98. The van der Waals surface area contributed by atoms with Crippen molar-refractivity contribution in [3.05, 3.63) is 0 Å². The Balaban J connectivity index is 1.58. The molecule has 0 amide bonds. The summed E-state index contributed by atoms with van der Waals surface area (Å²) in [6.45, 7) is 1.82. The first-order chi connectivity index (χ1) is 8.29. The number of ether oxygens (including phenoxy) is 2. The molecular weight excluding hydrogens is 214 g/mol. The van der Waals surface area contributed by atoms with Gasteiger partial charge in [0.15, 0.2) is 0 Å². The van der Waals surface area contributed by atoms with Gasteiger partial charge < -0.3 is 15.2 Å². The van der Waals surface area contributed by atoms with Crippen LogP contribution in [0.4, 0.5) is 0 Å². The van der Waals surface area contributed by atoms with E-state index in [-0.39, 0.29) is 11.6 Å². The molecule has 0 aromatic carbocycles. The van der Waals surface area contributed by atoms with Gasteiger partial charge in [-0.2, -0.15) is 0 Å². The molecular formula is C14H25NO2. The molecule has 2 aliphatic heterocycles. The quantitative estimate of drug-likeness (QED) is 0.803. The first-order valence-electron chi connectivity index (χ1n) is 7.30. The maximum atomic E-state index is 6.44. The molecule has 1 spiro atoms. The topological polar surface area (TPSA) is 44.5 Å². The molecule has 98 valence electrons. The van der Waals surface area contributed by atoms with Crippen LogP contribution in [0.2, 0.25) is 0 Å². The van der Waals surface area contributed by atoms with Gasteiger partial charge in [-0.1, -0.05) is 0 Å². The predicted octanol–water partition coefficient (Wildman–Crippen LogP) is 2.23. The molecule has 3 atom stereocenters. The fraction of sp³-hybridized carbons (Fsp3) is 1.00. The zero-order valence-corrected chi connectivity index (χ0v) is 10.7. The van der Waals surface area contributed by atoms with Crippen LogP contribution in [0, 0.1) is 5.92 Å². The molecule has 3 aliphatic rings. The van der Waals surface area contributed by atoms with E-state index in [2.05, 4.69) is 0 Å². The summed E-state index contributed by atoms with van der Waals surface area (Å²) >= 11 is 0. The van der Waals surface area contributed by atoms with Gasteiger partial charge in [-0.3, -0.25) is 0 Å². The summed E-state index contributed by atoms with van der Waals surface area (Å²) in [5, 5.41) is 0. The Kier molecular flexibility index (Phi) is 3.42. The highest BCUT2D eigenvalue weighted by atomic mass is 16.5. The van der Waals surface area contributed by atoms with Crippen LogP contribution >= 0.6 is 0 Å². The van der Waals surface area contributed by atoms with Crippen LogP contribution in [0.15, 0.2) is 0 Å². The lowest BCUT2D eigenvalue weighted by Crippen LogP contribution is -2.53. The first-order valence-corrected chi connectivity index (χ1v) is 7.30. The smallest absolute Gasteiger partial charge is 0.0728 e. The predicted molar refractivity (Wildman–Crippen MR) is 66.8 cm³/mol. The van der Waals surface area contributed by atoms with Crippen molar-refractivity contribution < 1.29 is 9.47 Å². The Morgan fingerprint density at radius 3 is 2.59 bits per heavy atom. The summed E-state index contributed by atoms with van der Waals surface area (Å²) in [5.74, 6) is 0.618. The number of rotatable bonds is 2. The molecule has 3 unspecified atom stereocenters. The van der Waals surface area contributed by atoms with E-state index in [0.717, 1.165) is 26.1 Å². The molecule has 0 bridgehead atoms. The lowest BCUT2D eigenvalue weighted by Gasteiger charge is -2.49. The molecule has 1 aliphatic carbocycles. The van der Waals surface area contributed by atoms with Crippen molar-refractivity contribution >= 4 is 0 Å². The van der Waals surface area contributed by atoms with Gasteiger partial charge in [0.2, 0.25) is 0 Å². The van der Waals surface area contributed by atoms with Gasteiger partial charge in [0.25, 0.3) is 0 Å². The average Bonchev–Trinajstić information content (AvgIpc) is 2.37. The van der Waals surface area contributed by atoms with Gasteiger partial charge in [0.05, 0.1) is 11.7 Å². The van der Waals surface area contributed by atoms with E-state index >= 15 is 0 Å². The van der Waals surface area contributed by atoms with Crippen molar-refractivity contribution in [2.24, 2.45) is 11.7 Å². The minimum Gasteiger partial charge on any atom is -0.377 e. The van der Waals surface area contributed by atoms with Crippen molar-refractivity contribution in [2.45, 2.75) is 69.1 Å². The zero-order chi connectivity index (χ0) is 11.7. The molecule has 2 heterocycles. The van der Waals surface area contributed by atoms with Crippen LogP contribution in [-0.4, -0.2) is 31.0 Å². The molecule has 3 heteroatoms. The maximum absolute atomic E-state index is 6.44. The normalized spacial score (nSPS) is 38.6. The van der Waals surface area contributed by atoms with E-state index < -0.39 is 0 Å². The number of hydrogen-bond donors (Lipinski definition) is 1. The highest BCUT2D eigenvalue weighted by Gasteiger charge is 2.45. The van der Waals surface area contributed by atoms with E-state index in [1.54, 1.807) is 0 Å². The monoisotopic (exact) mass is 239 g/mol. The Bertz CT molecular complexity index is 259. The summed E-state index contributed by atoms with van der Waals surface area (Å²) in [5.41, 5.74) is 6.66. The highest BCUT2D eigenvalue weighted by molar-refractivity contribution is 4.97. The minimum absolute atomic E-state index is 0.217. The van der Waals surface area contributed by atoms with Crippen LogP contribution in [0.3, 0.4) is 0 Å².